The van der Waals surface area contributed by atoms with E-state index in [-0.39, 0.29) is 25.1 Å². The number of aliphatic hydroxyl groups is 1. The summed E-state index contributed by atoms with van der Waals surface area (Å²) in [5.41, 5.74) is 2.41. The second-order valence-electron chi connectivity index (χ2n) is 6.85. The van der Waals surface area contributed by atoms with Crippen molar-refractivity contribution in [2.75, 3.05) is 11.9 Å². The van der Waals surface area contributed by atoms with Crippen LogP contribution in [0.1, 0.15) is 16.8 Å². The quantitative estimate of drug-likeness (QED) is 0.600. The van der Waals surface area contributed by atoms with Gasteiger partial charge in [0.2, 0.25) is 5.91 Å². The van der Waals surface area contributed by atoms with Crippen LogP contribution in [-0.4, -0.2) is 27.2 Å². The largest absolute Gasteiger partial charge is 0.396 e. The Bertz CT molecular complexity index is 1140. The fraction of sp³-hybridized carbons (Fsp3) is 0.227. The number of nitrogens with one attached hydrogen (secondary N) is 1. The number of hydrogen-bond donors (Lipinski definition) is 2. The monoisotopic (exact) mass is 445 g/mol. The van der Waals surface area contributed by atoms with E-state index in [0.717, 1.165) is 5.56 Å². The number of halogens is 2. The molecule has 1 heterocycles. The van der Waals surface area contributed by atoms with Crippen molar-refractivity contribution in [3.63, 3.8) is 0 Å². The van der Waals surface area contributed by atoms with Crippen LogP contribution in [0.25, 0.3) is 11.4 Å². The second-order valence-corrected chi connectivity index (χ2v) is 7.70. The number of anilines is 1. The lowest BCUT2D eigenvalue weighted by Gasteiger charge is -2.17. The topological polar surface area (TPSA) is 84.2 Å². The number of aliphatic hydroxyl groups excluding tert-OH is 1. The smallest absolute Gasteiger partial charge is 0.257 e. The van der Waals surface area contributed by atoms with Crippen molar-refractivity contribution in [1.82, 2.24) is 9.55 Å². The van der Waals surface area contributed by atoms with Gasteiger partial charge >= 0.3 is 0 Å². The third-order valence-electron chi connectivity index (χ3n) is 4.70. The van der Waals surface area contributed by atoms with Gasteiger partial charge in [-0.3, -0.25) is 14.2 Å². The number of aromatic nitrogens is 2. The summed E-state index contributed by atoms with van der Waals surface area (Å²) in [4.78, 5) is 30.5. The van der Waals surface area contributed by atoms with Gasteiger partial charge in [0.15, 0.2) is 0 Å². The first kappa shape index (κ1) is 22.0. The minimum atomic E-state index is -0.419. The number of para-hydroxylation sites is 1. The zero-order valence-electron chi connectivity index (χ0n) is 16.6. The Labute approximate surface area is 184 Å². The highest BCUT2D eigenvalue weighted by molar-refractivity contribution is 6.34. The highest BCUT2D eigenvalue weighted by atomic mass is 35.5. The van der Waals surface area contributed by atoms with Gasteiger partial charge < -0.3 is 10.4 Å². The van der Waals surface area contributed by atoms with Crippen molar-refractivity contribution in [3.8, 4) is 11.4 Å². The number of hydrogen-bond acceptors (Lipinski definition) is 4. The third-order valence-corrected chi connectivity index (χ3v) is 5.25. The molecule has 0 aliphatic rings. The molecule has 0 unspecified atom stereocenters. The molecule has 0 spiro atoms. The van der Waals surface area contributed by atoms with Gasteiger partial charge in [0.1, 0.15) is 12.4 Å². The van der Waals surface area contributed by atoms with E-state index in [2.05, 4.69) is 10.3 Å². The number of carbonyl (C=O) groups excluding carboxylic acids is 1. The average Bonchev–Trinajstić information content (AvgIpc) is 2.70. The van der Waals surface area contributed by atoms with Gasteiger partial charge in [0, 0.05) is 34.9 Å². The molecular weight excluding hydrogens is 425 g/mol. The molecule has 3 aromatic rings. The molecule has 0 saturated heterocycles. The van der Waals surface area contributed by atoms with E-state index in [1.165, 1.54) is 4.57 Å². The molecule has 0 atom stereocenters. The lowest BCUT2D eigenvalue weighted by molar-refractivity contribution is -0.116. The van der Waals surface area contributed by atoms with E-state index < -0.39 is 5.91 Å². The fourth-order valence-corrected chi connectivity index (χ4v) is 3.67. The van der Waals surface area contributed by atoms with Crippen molar-refractivity contribution in [2.24, 2.45) is 0 Å². The molecule has 3 rings (SSSR count). The SMILES string of the molecule is Cc1cccc(Cl)c1NC(=O)Cn1c(-c2cccc(Cl)c2)nc(C)c(CCO)c1=O. The molecular formula is C22H21Cl2N3O3. The van der Waals surface area contributed by atoms with Crippen molar-refractivity contribution >= 4 is 34.8 Å². The number of rotatable bonds is 6. The zero-order valence-corrected chi connectivity index (χ0v) is 18.1. The van der Waals surface area contributed by atoms with Crippen molar-refractivity contribution in [1.29, 1.82) is 0 Å². The highest BCUT2D eigenvalue weighted by Gasteiger charge is 2.18. The van der Waals surface area contributed by atoms with Gasteiger partial charge in [0.05, 0.1) is 10.7 Å². The number of amides is 1. The van der Waals surface area contributed by atoms with Crippen LogP contribution in [0, 0.1) is 13.8 Å². The van der Waals surface area contributed by atoms with Gasteiger partial charge in [-0.15, -0.1) is 0 Å². The molecule has 6 nitrogen and oxygen atoms in total. The average molecular weight is 446 g/mol. The molecule has 0 aliphatic carbocycles. The maximum Gasteiger partial charge on any atom is 0.257 e. The lowest BCUT2D eigenvalue weighted by Crippen LogP contribution is -2.33. The Kier molecular flexibility index (Phi) is 6.92. The first-order chi connectivity index (χ1) is 14.3. The Balaban J connectivity index is 2.06. The van der Waals surface area contributed by atoms with E-state index in [4.69, 9.17) is 23.2 Å². The summed E-state index contributed by atoms with van der Waals surface area (Å²) in [7, 11) is 0. The van der Waals surface area contributed by atoms with E-state index in [1.807, 2.05) is 13.0 Å². The van der Waals surface area contributed by atoms with Crippen LogP contribution in [0.15, 0.2) is 47.3 Å². The molecule has 2 aromatic carbocycles. The van der Waals surface area contributed by atoms with Gasteiger partial charge in [-0.2, -0.15) is 0 Å². The summed E-state index contributed by atoms with van der Waals surface area (Å²) in [6.07, 6.45) is 0.152. The van der Waals surface area contributed by atoms with E-state index in [0.29, 0.717) is 38.4 Å². The first-order valence-electron chi connectivity index (χ1n) is 9.34. The molecule has 0 saturated carbocycles. The van der Waals surface area contributed by atoms with Crippen LogP contribution in [0.4, 0.5) is 5.69 Å². The summed E-state index contributed by atoms with van der Waals surface area (Å²) in [5, 5.41) is 13.0. The minimum absolute atomic E-state index is 0.152. The molecule has 0 radical (unpaired) electrons. The third kappa shape index (κ3) is 4.73. The molecule has 30 heavy (non-hydrogen) atoms. The van der Waals surface area contributed by atoms with Gasteiger partial charge in [-0.1, -0.05) is 47.5 Å². The molecule has 2 N–H and O–H groups in total. The molecule has 0 aliphatic heterocycles. The highest BCUT2D eigenvalue weighted by Crippen LogP contribution is 2.26. The Morgan fingerprint density at radius 1 is 1.17 bits per heavy atom. The Hall–Kier alpha value is -2.67. The number of benzene rings is 2. The summed E-state index contributed by atoms with van der Waals surface area (Å²) in [6.45, 7) is 3.08. The van der Waals surface area contributed by atoms with Crippen LogP contribution >= 0.6 is 23.2 Å². The zero-order chi connectivity index (χ0) is 21.8. The molecule has 0 bridgehead atoms. The fourth-order valence-electron chi connectivity index (χ4n) is 3.21. The standard InChI is InChI=1S/C22H21Cl2N3O3/c1-13-5-3-8-18(24)20(13)26-19(29)12-27-21(15-6-4-7-16(23)11-15)25-14(2)17(9-10-28)22(27)30/h3-8,11,28H,9-10,12H2,1-2H3,(H,26,29). The maximum absolute atomic E-state index is 13.2. The van der Waals surface area contributed by atoms with E-state index in [1.54, 1.807) is 43.3 Å². The number of nitrogens with zero attached hydrogens (tertiary/aromatic N) is 2. The summed E-state index contributed by atoms with van der Waals surface area (Å²) in [5.74, 6) is -0.0927. The lowest BCUT2D eigenvalue weighted by atomic mass is 10.1. The predicted molar refractivity (Wildman–Crippen MR) is 119 cm³/mol. The van der Waals surface area contributed by atoms with Crippen molar-refractivity contribution in [3.05, 3.63) is 79.7 Å². The Morgan fingerprint density at radius 3 is 2.57 bits per heavy atom. The van der Waals surface area contributed by atoms with Gasteiger partial charge in [0.25, 0.3) is 5.56 Å². The Morgan fingerprint density at radius 2 is 1.90 bits per heavy atom. The van der Waals surface area contributed by atoms with E-state index >= 15 is 0 Å². The van der Waals surface area contributed by atoms with Gasteiger partial charge in [-0.25, -0.2) is 4.98 Å². The van der Waals surface area contributed by atoms with E-state index in [9.17, 15) is 14.7 Å². The van der Waals surface area contributed by atoms with Gasteiger partial charge in [-0.05, 0) is 37.6 Å². The molecule has 0 fully saturated rings. The molecule has 8 heteroatoms. The van der Waals surface area contributed by atoms with Crippen LogP contribution in [0.5, 0.6) is 0 Å². The van der Waals surface area contributed by atoms with Crippen LogP contribution in [-0.2, 0) is 17.8 Å². The maximum atomic E-state index is 13.2. The summed E-state index contributed by atoms with van der Waals surface area (Å²) >= 11 is 12.3. The first-order valence-corrected chi connectivity index (χ1v) is 10.1. The van der Waals surface area contributed by atoms with Crippen LogP contribution in [0.3, 0.4) is 0 Å². The van der Waals surface area contributed by atoms with Crippen molar-refractivity contribution in [2.45, 2.75) is 26.8 Å². The van der Waals surface area contributed by atoms with Crippen LogP contribution < -0.4 is 10.9 Å². The molecule has 156 valence electrons. The summed E-state index contributed by atoms with van der Waals surface area (Å²) < 4.78 is 1.30. The van der Waals surface area contributed by atoms with Crippen molar-refractivity contribution < 1.29 is 9.90 Å². The molecule has 1 aromatic heterocycles. The summed E-state index contributed by atoms with van der Waals surface area (Å²) in [6, 6.07) is 12.2. The number of carbonyl (C=O) groups is 1. The predicted octanol–water partition coefficient (Wildman–Crippen LogP) is 4.01. The number of aryl methyl sites for hydroxylation is 2. The van der Waals surface area contributed by atoms with Crippen LogP contribution in [0.2, 0.25) is 10.0 Å². The normalized spacial score (nSPS) is 10.8. The minimum Gasteiger partial charge on any atom is -0.396 e. The molecule has 1 amide bonds. The second kappa shape index (κ2) is 9.43.